The van der Waals surface area contributed by atoms with Crippen molar-refractivity contribution in [3.63, 3.8) is 0 Å². The van der Waals surface area contributed by atoms with E-state index >= 15 is 0 Å². The van der Waals surface area contributed by atoms with Crippen molar-refractivity contribution in [2.24, 2.45) is 5.73 Å². The van der Waals surface area contributed by atoms with Gasteiger partial charge in [-0.3, -0.25) is 4.79 Å². The molecule has 0 aliphatic heterocycles. The van der Waals surface area contributed by atoms with Gasteiger partial charge in [-0.1, -0.05) is 42.5 Å². The van der Waals surface area contributed by atoms with Crippen LogP contribution >= 0.6 is 23.7 Å². The van der Waals surface area contributed by atoms with Crippen molar-refractivity contribution < 1.29 is 4.79 Å². The number of carbonyl (C=O) groups is 1. The molecule has 132 valence electrons. The van der Waals surface area contributed by atoms with Gasteiger partial charge in [-0.05, 0) is 46.7 Å². The summed E-state index contributed by atoms with van der Waals surface area (Å²) < 4.78 is 0. The molecule has 1 amide bonds. The zero-order valence-electron chi connectivity index (χ0n) is 14.0. The van der Waals surface area contributed by atoms with Gasteiger partial charge >= 0.3 is 0 Å². The highest BCUT2D eigenvalue weighted by Gasteiger charge is 2.13. The van der Waals surface area contributed by atoms with Gasteiger partial charge in [-0.15, -0.1) is 23.7 Å². The van der Waals surface area contributed by atoms with Crippen molar-refractivity contribution in [2.45, 2.75) is 25.3 Å². The Kier molecular flexibility index (Phi) is 7.44. The number of thiophene rings is 1. The maximum Gasteiger partial charge on any atom is 0.220 e. The van der Waals surface area contributed by atoms with Gasteiger partial charge in [0.05, 0.1) is 6.04 Å². The first-order valence-electron chi connectivity index (χ1n) is 8.27. The predicted molar refractivity (Wildman–Crippen MR) is 108 cm³/mol. The molecule has 0 fully saturated rings. The summed E-state index contributed by atoms with van der Waals surface area (Å²) in [5, 5.41) is 7.50. The van der Waals surface area contributed by atoms with Gasteiger partial charge in [0.2, 0.25) is 5.91 Å². The fraction of sp³-hybridized carbons (Fsp3) is 0.250. The molecule has 1 heterocycles. The third kappa shape index (κ3) is 5.30. The number of amides is 1. The molecule has 3 nitrogen and oxygen atoms in total. The highest BCUT2D eigenvalue weighted by molar-refractivity contribution is 7.09. The molecule has 0 aliphatic carbocycles. The van der Waals surface area contributed by atoms with Crippen LogP contribution in [0.15, 0.2) is 60.0 Å². The second-order valence-corrected chi connectivity index (χ2v) is 6.93. The number of carbonyl (C=O) groups excluding carboxylic acids is 1. The molecule has 0 saturated heterocycles. The molecule has 0 bridgehead atoms. The Bertz CT molecular complexity index is 804. The summed E-state index contributed by atoms with van der Waals surface area (Å²) in [6, 6.07) is 18.5. The Morgan fingerprint density at radius 1 is 1.08 bits per heavy atom. The van der Waals surface area contributed by atoms with E-state index in [4.69, 9.17) is 5.73 Å². The van der Waals surface area contributed by atoms with Gasteiger partial charge in [-0.2, -0.15) is 0 Å². The summed E-state index contributed by atoms with van der Waals surface area (Å²) in [6.45, 7) is 0.398. The Morgan fingerprint density at radius 3 is 2.60 bits per heavy atom. The lowest BCUT2D eigenvalue weighted by atomic mass is 10.0. The minimum Gasteiger partial charge on any atom is -0.348 e. The van der Waals surface area contributed by atoms with Crippen LogP contribution in [0.3, 0.4) is 0 Å². The van der Waals surface area contributed by atoms with Crippen LogP contribution in [0.4, 0.5) is 0 Å². The number of nitrogens with two attached hydrogens (primary N) is 1. The third-order valence-corrected chi connectivity index (χ3v) is 5.09. The lowest BCUT2D eigenvalue weighted by Gasteiger charge is -2.18. The van der Waals surface area contributed by atoms with Crippen LogP contribution in [0.1, 0.15) is 29.3 Å². The second-order valence-electron chi connectivity index (χ2n) is 5.90. The topological polar surface area (TPSA) is 55.1 Å². The van der Waals surface area contributed by atoms with Crippen molar-refractivity contribution in [2.75, 3.05) is 6.54 Å². The standard InChI is InChI=1S/C20H22N2OS.ClH/c21-14-19(17-11-10-15-5-1-2-6-16(15)13-17)22-20(23)9-3-7-18-8-4-12-24-18;/h1-2,4-6,8,10-13,19H,3,7,9,14,21H2,(H,22,23);1H. The van der Waals surface area contributed by atoms with Gasteiger partial charge in [0, 0.05) is 17.8 Å². The molecule has 2 aromatic carbocycles. The molecule has 0 aliphatic rings. The summed E-state index contributed by atoms with van der Waals surface area (Å²) in [7, 11) is 0. The fourth-order valence-electron chi connectivity index (χ4n) is 2.85. The Balaban J connectivity index is 0.00000225. The van der Waals surface area contributed by atoms with E-state index in [1.54, 1.807) is 11.3 Å². The maximum atomic E-state index is 12.2. The number of halogens is 1. The third-order valence-electron chi connectivity index (χ3n) is 4.15. The van der Waals surface area contributed by atoms with Crippen molar-refractivity contribution in [3.05, 3.63) is 70.4 Å². The van der Waals surface area contributed by atoms with E-state index in [0.717, 1.165) is 18.4 Å². The number of hydrogen-bond acceptors (Lipinski definition) is 3. The lowest BCUT2D eigenvalue weighted by Crippen LogP contribution is -2.33. The number of aryl methyl sites for hydroxylation is 1. The average Bonchev–Trinajstić information content (AvgIpc) is 3.12. The van der Waals surface area contributed by atoms with Gasteiger partial charge in [-0.25, -0.2) is 0 Å². The van der Waals surface area contributed by atoms with Gasteiger partial charge in [0.15, 0.2) is 0 Å². The Hall–Kier alpha value is -1.88. The van der Waals surface area contributed by atoms with Crippen molar-refractivity contribution >= 4 is 40.4 Å². The second kappa shape index (κ2) is 9.56. The normalized spacial score (nSPS) is 11.7. The van der Waals surface area contributed by atoms with Crippen LogP contribution in [-0.2, 0) is 11.2 Å². The number of hydrogen-bond donors (Lipinski definition) is 2. The average molecular weight is 375 g/mol. The summed E-state index contributed by atoms with van der Waals surface area (Å²) in [5.41, 5.74) is 6.95. The molecule has 0 spiro atoms. The molecular formula is C20H23ClN2OS. The molecule has 0 saturated carbocycles. The van der Waals surface area contributed by atoms with E-state index in [-0.39, 0.29) is 24.4 Å². The number of fused-ring (bicyclic) bond motifs is 1. The highest BCUT2D eigenvalue weighted by atomic mass is 35.5. The SMILES string of the molecule is Cl.NCC(NC(=O)CCCc1cccs1)c1ccc2ccccc2c1. The first kappa shape index (κ1) is 19.4. The molecule has 0 radical (unpaired) electrons. The number of benzene rings is 2. The van der Waals surface area contributed by atoms with Crippen LogP contribution in [0.2, 0.25) is 0 Å². The molecule has 5 heteroatoms. The summed E-state index contributed by atoms with van der Waals surface area (Å²) in [6.07, 6.45) is 2.34. The van der Waals surface area contributed by atoms with Crippen molar-refractivity contribution in [1.29, 1.82) is 0 Å². The van der Waals surface area contributed by atoms with Crippen molar-refractivity contribution in [1.82, 2.24) is 5.32 Å². The molecule has 1 aromatic heterocycles. The largest absolute Gasteiger partial charge is 0.348 e. The van der Waals surface area contributed by atoms with Crippen LogP contribution in [0, 0.1) is 0 Å². The first-order valence-corrected chi connectivity index (χ1v) is 9.15. The molecule has 25 heavy (non-hydrogen) atoms. The van der Waals surface area contributed by atoms with E-state index < -0.39 is 0 Å². The monoisotopic (exact) mass is 374 g/mol. The van der Waals surface area contributed by atoms with Crippen LogP contribution < -0.4 is 11.1 Å². The minimum absolute atomic E-state index is 0. The zero-order valence-corrected chi connectivity index (χ0v) is 15.6. The zero-order chi connectivity index (χ0) is 16.8. The van der Waals surface area contributed by atoms with Crippen molar-refractivity contribution in [3.8, 4) is 0 Å². The lowest BCUT2D eigenvalue weighted by molar-refractivity contribution is -0.121. The first-order chi connectivity index (χ1) is 11.8. The number of nitrogens with one attached hydrogen (secondary N) is 1. The van der Waals surface area contributed by atoms with Crippen LogP contribution in [0.5, 0.6) is 0 Å². The van der Waals surface area contributed by atoms with Crippen LogP contribution in [0.25, 0.3) is 10.8 Å². The molecular weight excluding hydrogens is 352 g/mol. The maximum absolute atomic E-state index is 12.2. The molecule has 1 atom stereocenters. The quantitative estimate of drug-likeness (QED) is 0.641. The smallest absolute Gasteiger partial charge is 0.220 e. The molecule has 3 N–H and O–H groups in total. The summed E-state index contributed by atoms with van der Waals surface area (Å²) in [4.78, 5) is 13.5. The molecule has 3 rings (SSSR count). The fourth-order valence-corrected chi connectivity index (χ4v) is 3.60. The van der Waals surface area contributed by atoms with Gasteiger partial charge < -0.3 is 11.1 Å². The Morgan fingerprint density at radius 2 is 1.88 bits per heavy atom. The van der Waals surface area contributed by atoms with E-state index in [9.17, 15) is 4.79 Å². The summed E-state index contributed by atoms with van der Waals surface area (Å²) in [5.74, 6) is 0.0650. The minimum atomic E-state index is -0.135. The van der Waals surface area contributed by atoms with Gasteiger partial charge in [0.1, 0.15) is 0 Å². The predicted octanol–water partition coefficient (Wildman–Crippen LogP) is 4.46. The van der Waals surface area contributed by atoms with E-state index in [0.29, 0.717) is 13.0 Å². The summed E-state index contributed by atoms with van der Waals surface area (Å²) >= 11 is 1.74. The Labute approximate surface area is 158 Å². The van der Waals surface area contributed by atoms with E-state index in [1.807, 2.05) is 24.3 Å². The van der Waals surface area contributed by atoms with Crippen LogP contribution in [-0.4, -0.2) is 12.5 Å². The van der Waals surface area contributed by atoms with Gasteiger partial charge in [0.25, 0.3) is 0 Å². The van der Waals surface area contributed by atoms with E-state index in [1.165, 1.54) is 15.6 Å². The molecule has 3 aromatic rings. The molecule has 1 unspecified atom stereocenters. The number of rotatable bonds is 7. The highest BCUT2D eigenvalue weighted by Crippen LogP contribution is 2.20. The van der Waals surface area contributed by atoms with E-state index in [2.05, 4.69) is 41.0 Å².